The third kappa shape index (κ3) is 3.23. The Kier molecular flexibility index (Phi) is 3.93. The fraction of sp³-hybridized carbons (Fsp3) is 0.688. The van der Waals surface area contributed by atoms with E-state index in [1.165, 1.54) is 12.8 Å². The van der Waals surface area contributed by atoms with Gasteiger partial charge in [0.25, 0.3) is 5.91 Å². The summed E-state index contributed by atoms with van der Waals surface area (Å²) in [5, 5.41) is 11.1. The molecule has 0 unspecified atom stereocenters. The van der Waals surface area contributed by atoms with Gasteiger partial charge in [0.15, 0.2) is 5.69 Å². The molecule has 0 bridgehead atoms. The molecule has 0 radical (unpaired) electrons. The first-order chi connectivity index (χ1) is 10.0. The highest BCUT2D eigenvalue weighted by molar-refractivity contribution is 5.92. The minimum Gasteiger partial charge on any atom is -0.346 e. The highest BCUT2D eigenvalue weighted by Gasteiger charge is 2.32. The minimum absolute atomic E-state index is 0.0903. The third-order valence-corrected chi connectivity index (χ3v) is 4.64. The second-order valence-corrected chi connectivity index (χ2v) is 6.75. The molecule has 1 N–H and O–H groups in total. The molecule has 5 heteroatoms. The van der Waals surface area contributed by atoms with Gasteiger partial charge in [0.2, 0.25) is 0 Å². The van der Waals surface area contributed by atoms with E-state index >= 15 is 0 Å². The molecule has 2 atom stereocenters. The predicted octanol–water partition coefficient (Wildman–Crippen LogP) is 1.81. The van der Waals surface area contributed by atoms with Crippen LogP contribution >= 0.6 is 0 Å². The van der Waals surface area contributed by atoms with E-state index in [0.717, 1.165) is 18.7 Å². The van der Waals surface area contributed by atoms with Gasteiger partial charge in [0.1, 0.15) is 0 Å². The Morgan fingerprint density at radius 3 is 2.76 bits per heavy atom. The van der Waals surface area contributed by atoms with Gasteiger partial charge in [-0.1, -0.05) is 6.92 Å². The Labute approximate surface area is 126 Å². The minimum atomic E-state index is -0.0903. The molecule has 0 spiro atoms. The molecule has 1 aromatic heterocycles. The zero-order chi connectivity index (χ0) is 15.0. The summed E-state index contributed by atoms with van der Waals surface area (Å²) in [5.74, 6) is 0.970. The molecule has 1 saturated heterocycles. The summed E-state index contributed by atoms with van der Waals surface area (Å²) in [6.45, 7) is 8.54. The maximum atomic E-state index is 12.4. The summed E-state index contributed by atoms with van der Waals surface area (Å²) < 4.78 is 0. The molecule has 1 saturated carbocycles. The van der Waals surface area contributed by atoms with Crippen molar-refractivity contribution in [3.8, 4) is 0 Å². The Balaban J connectivity index is 1.64. The molecule has 1 aliphatic heterocycles. The molecule has 5 nitrogen and oxygen atoms in total. The van der Waals surface area contributed by atoms with Gasteiger partial charge in [-0.05, 0) is 50.2 Å². The zero-order valence-corrected chi connectivity index (χ0v) is 13.0. The molecule has 1 aliphatic carbocycles. The number of carbonyl (C=O) groups excluding carboxylic acids is 1. The van der Waals surface area contributed by atoms with Gasteiger partial charge in [-0.15, -0.1) is 5.10 Å². The van der Waals surface area contributed by atoms with Crippen LogP contribution in [0.15, 0.2) is 12.3 Å². The number of rotatable bonds is 4. The van der Waals surface area contributed by atoms with Crippen molar-refractivity contribution in [2.75, 3.05) is 13.1 Å². The summed E-state index contributed by atoms with van der Waals surface area (Å²) in [6.07, 6.45) is 4.19. The Bertz CT molecular complexity index is 527. The summed E-state index contributed by atoms with van der Waals surface area (Å²) >= 11 is 0. The van der Waals surface area contributed by atoms with Gasteiger partial charge < -0.3 is 5.32 Å². The summed E-state index contributed by atoms with van der Waals surface area (Å²) in [4.78, 5) is 14.8. The molecule has 1 amide bonds. The van der Waals surface area contributed by atoms with Crippen LogP contribution in [0.3, 0.4) is 0 Å². The fourth-order valence-electron chi connectivity index (χ4n) is 2.99. The lowest BCUT2D eigenvalue weighted by atomic mass is 10.1. The molecule has 114 valence electrons. The number of likely N-dealkylation sites (tertiary alicyclic amines) is 1. The largest absolute Gasteiger partial charge is 0.346 e. The van der Waals surface area contributed by atoms with E-state index in [1.807, 2.05) is 6.07 Å². The first-order valence-electron chi connectivity index (χ1n) is 7.92. The smallest absolute Gasteiger partial charge is 0.272 e. The van der Waals surface area contributed by atoms with Gasteiger partial charge in [0, 0.05) is 25.2 Å². The fourth-order valence-corrected chi connectivity index (χ4v) is 2.99. The van der Waals surface area contributed by atoms with Gasteiger partial charge in [-0.2, -0.15) is 5.10 Å². The van der Waals surface area contributed by atoms with E-state index in [2.05, 4.69) is 41.2 Å². The van der Waals surface area contributed by atoms with E-state index in [9.17, 15) is 4.79 Å². The van der Waals surface area contributed by atoms with Gasteiger partial charge in [-0.3, -0.25) is 9.69 Å². The average molecular weight is 288 g/mol. The van der Waals surface area contributed by atoms with Gasteiger partial charge in [0.05, 0.1) is 6.20 Å². The number of nitrogens with one attached hydrogen (secondary N) is 1. The van der Waals surface area contributed by atoms with Gasteiger partial charge >= 0.3 is 0 Å². The van der Waals surface area contributed by atoms with Crippen molar-refractivity contribution in [3.63, 3.8) is 0 Å². The van der Waals surface area contributed by atoms with Gasteiger partial charge in [-0.25, -0.2) is 0 Å². The SMILES string of the molecule is CC(C)N1C[C@H](C)[C@H](NC(=O)c2cc(C3CC3)cnn2)C1. The van der Waals surface area contributed by atoms with Crippen LogP contribution < -0.4 is 5.32 Å². The molecule has 2 fully saturated rings. The Morgan fingerprint density at radius 2 is 2.14 bits per heavy atom. The van der Waals surface area contributed by atoms with E-state index in [-0.39, 0.29) is 11.9 Å². The molecule has 1 aromatic rings. The van der Waals surface area contributed by atoms with Crippen LogP contribution in [-0.2, 0) is 0 Å². The monoisotopic (exact) mass is 288 g/mol. The molecule has 2 heterocycles. The number of hydrogen-bond acceptors (Lipinski definition) is 4. The number of aromatic nitrogens is 2. The third-order valence-electron chi connectivity index (χ3n) is 4.64. The van der Waals surface area contributed by atoms with Crippen molar-refractivity contribution >= 4 is 5.91 Å². The highest BCUT2D eigenvalue weighted by atomic mass is 16.2. The number of hydrogen-bond donors (Lipinski definition) is 1. The summed E-state index contributed by atoms with van der Waals surface area (Å²) in [5.41, 5.74) is 1.60. The Morgan fingerprint density at radius 1 is 1.38 bits per heavy atom. The number of nitrogens with zero attached hydrogens (tertiary/aromatic N) is 3. The zero-order valence-electron chi connectivity index (χ0n) is 13.0. The first kappa shape index (κ1) is 14.4. The van der Waals surface area contributed by atoms with E-state index < -0.39 is 0 Å². The second kappa shape index (κ2) is 5.72. The lowest BCUT2D eigenvalue weighted by molar-refractivity contribution is 0.0924. The Hall–Kier alpha value is -1.49. The average Bonchev–Trinajstić information content (AvgIpc) is 3.24. The van der Waals surface area contributed by atoms with Crippen molar-refractivity contribution in [1.29, 1.82) is 0 Å². The normalized spacial score (nSPS) is 26.3. The van der Waals surface area contributed by atoms with Crippen molar-refractivity contribution in [1.82, 2.24) is 20.4 Å². The van der Waals surface area contributed by atoms with Crippen LogP contribution in [0.5, 0.6) is 0 Å². The van der Waals surface area contributed by atoms with Crippen LogP contribution in [0.25, 0.3) is 0 Å². The molecule has 2 aliphatic rings. The summed E-state index contributed by atoms with van der Waals surface area (Å²) in [7, 11) is 0. The lowest BCUT2D eigenvalue weighted by Gasteiger charge is -2.20. The van der Waals surface area contributed by atoms with Crippen LogP contribution in [0.4, 0.5) is 0 Å². The topological polar surface area (TPSA) is 58.1 Å². The van der Waals surface area contributed by atoms with E-state index in [4.69, 9.17) is 0 Å². The quantitative estimate of drug-likeness (QED) is 0.918. The maximum absolute atomic E-state index is 12.4. The first-order valence-corrected chi connectivity index (χ1v) is 7.92. The van der Waals surface area contributed by atoms with E-state index in [1.54, 1.807) is 6.20 Å². The number of carbonyl (C=O) groups is 1. The van der Waals surface area contributed by atoms with Crippen molar-refractivity contribution in [2.24, 2.45) is 5.92 Å². The van der Waals surface area contributed by atoms with Crippen molar-refractivity contribution in [2.45, 2.75) is 51.6 Å². The summed E-state index contributed by atoms with van der Waals surface area (Å²) in [6, 6.07) is 2.62. The van der Waals surface area contributed by atoms with Crippen LogP contribution in [0.2, 0.25) is 0 Å². The second-order valence-electron chi connectivity index (χ2n) is 6.75. The van der Waals surface area contributed by atoms with Crippen LogP contribution in [0.1, 0.15) is 55.6 Å². The molecular formula is C16H24N4O. The maximum Gasteiger partial charge on any atom is 0.272 e. The molecular weight excluding hydrogens is 264 g/mol. The predicted molar refractivity (Wildman–Crippen MR) is 81.1 cm³/mol. The highest BCUT2D eigenvalue weighted by Crippen LogP contribution is 2.39. The molecule has 3 rings (SSSR count). The lowest BCUT2D eigenvalue weighted by Crippen LogP contribution is -2.40. The standard InChI is InChI=1S/C16H24N4O/c1-10(2)20-8-11(3)15(9-20)18-16(21)14-6-13(7-17-19-14)12-4-5-12/h6-7,10-12,15H,4-5,8-9H2,1-3H3,(H,18,21)/t11-,15+/m0/s1. The van der Waals surface area contributed by atoms with Crippen molar-refractivity contribution < 1.29 is 4.79 Å². The van der Waals surface area contributed by atoms with Crippen LogP contribution in [-0.4, -0.2) is 46.2 Å². The van der Waals surface area contributed by atoms with E-state index in [0.29, 0.717) is 23.6 Å². The van der Waals surface area contributed by atoms with Crippen molar-refractivity contribution in [3.05, 3.63) is 23.5 Å². The number of amides is 1. The molecule has 0 aromatic carbocycles. The van der Waals surface area contributed by atoms with Crippen LogP contribution in [0, 0.1) is 5.92 Å². The molecule has 21 heavy (non-hydrogen) atoms.